The summed E-state index contributed by atoms with van der Waals surface area (Å²) in [4.78, 5) is 14.8. The first-order chi connectivity index (χ1) is 12.8. The molecule has 2 aromatic carbocycles. The zero-order chi connectivity index (χ0) is 19.6. The van der Waals surface area contributed by atoms with Crippen LogP contribution < -0.4 is 4.31 Å². The Bertz CT molecular complexity index is 920. The number of likely N-dealkylation sites (tertiary alicyclic amines) is 1. The van der Waals surface area contributed by atoms with Crippen LogP contribution >= 0.6 is 11.6 Å². The summed E-state index contributed by atoms with van der Waals surface area (Å²) in [6, 6.07) is 12.8. The Morgan fingerprint density at radius 3 is 2.37 bits per heavy atom. The zero-order valence-corrected chi connectivity index (χ0v) is 17.0. The number of hydrogen-bond donors (Lipinski definition) is 0. The van der Waals surface area contributed by atoms with E-state index in [1.165, 1.54) is 23.5 Å². The standard InChI is InChI=1S/C20H23ClN2O3S/c1-15-10-12-23(13-11-15)20(24)16-4-3-5-18(14-16)22(2)27(25,26)19-8-6-17(21)7-9-19/h3-9,14-15H,10-13H2,1-2H3. The Morgan fingerprint density at radius 2 is 1.74 bits per heavy atom. The third-order valence-corrected chi connectivity index (χ3v) is 7.05. The largest absolute Gasteiger partial charge is 0.339 e. The lowest BCUT2D eigenvalue weighted by Gasteiger charge is -2.30. The summed E-state index contributed by atoms with van der Waals surface area (Å²) in [7, 11) is -2.25. The molecule has 1 saturated heterocycles. The molecular weight excluding hydrogens is 384 g/mol. The Balaban J connectivity index is 1.84. The first-order valence-electron chi connectivity index (χ1n) is 8.93. The van der Waals surface area contributed by atoms with Gasteiger partial charge in [-0.3, -0.25) is 9.10 Å². The number of halogens is 1. The van der Waals surface area contributed by atoms with Crippen LogP contribution in [-0.4, -0.2) is 39.4 Å². The first kappa shape index (κ1) is 19.7. The third kappa shape index (κ3) is 4.28. The van der Waals surface area contributed by atoms with Gasteiger partial charge in [0.05, 0.1) is 10.6 Å². The number of anilines is 1. The minimum absolute atomic E-state index is 0.0546. The molecule has 0 N–H and O–H groups in total. The van der Waals surface area contributed by atoms with Crippen LogP contribution in [0.1, 0.15) is 30.1 Å². The number of sulfonamides is 1. The normalized spacial score (nSPS) is 15.6. The van der Waals surface area contributed by atoms with Gasteiger partial charge in [0.1, 0.15) is 0 Å². The van der Waals surface area contributed by atoms with Crippen molar-refractivity contribution in [3.63, 3.8) is 0 Å². The molecule has 0 unspecified atom stereocenters. The van der Waals surface area contributed by atoms with Crippen LogP contribution in [0.5, 0.6) is 0 Å². The first-order valence-corrected chi connectivity index (χ1v) is 10.7. The molecule has 7 heteroatoms. The topological polar surface area (TPSA) is 57.7 Å². The van der Waals surface area contributed by atoms with Gasteiger partial charge in [-0.05, 0) is 61.2 Å². The number of hydrogen-bond acceptors (Lipinski definition) is 3. The molecule has 0 bridgehead atoms. The van der Waals surface area contributed by atoms with Crippen LogP contribution in [-0.2, 0) is 10.0 Å². The van der Waals surface area contributed by atoms with Gasteiger partial charge in [0, 0.05) is 30.7 Å². The second kappa shape index (κ2) is 7.90. The summed E-state index contributed by atoms with van der Waals surface area (Å²) in [5.74, 6) is 0.581. The Morgan fingerprint density at radius 1 is 1.11 bits per heavy atom. The highest BCUT2D eigenvalue weighted by molar-refractivity contribution is 7.92. The Labute approximate surface area is 165 Å². The maximum absolute atomic E-state index is 12.9. The molecule has 0 radical (unpaired) electrons. The molecule has 1 heterocycles. The van der Waals surface area contributed by atoms with Crippen LogP contribution in [0.4, 0.5) is 5.69 Å². The van der Waals surface area contributed by atoms with Crippen LogP contribution in [0.15, 0.2) is 53.4 Å². The summed E-state index contributed by atoms with van der Waals surface area (Å²) in [5.41, 5.74) is 0.946. The van der Waals surface area contributed by atoms with E-state index < -0.39 is 10.0 Å². The highest BCUT2D eigenvalue weighted by Crippen LogP contribution is 2.25. The van der Waals surface area contributed by atoms with E-state index in [1.54, 1.807) is 36.4 Å². The minimum atomic E-state index is -3.73. The van der Waals surface area contributed by atoms with E-state index in [9.17, 15) is 13.2 Å². The molecule has 1 aliphatic heterocycles. The van der Waals surface area contributed by atoms with Crippen molar-refractivity contribution < 1.29 is 13.2 Å². The average molecular weight is 407 g/mol. The highest BCUT2D eigenvalue weighted by Gasteiger charge is 2.24. The van der Waals surface area contributed by atoms with Gasteiger partial charge in [-0.1, -0.05) is 24.6 Å². The highest BCUT2D eigenvalue weighted by atomic mass is 35.5. The molecule has 0 spiro atoms. The average Bonchev–Trinajstić information content (AvgIpc) is 2.68. The number of benzene rings is 2. The van der Waals surface area contributed by atoms with E-state index in [4.69, 9.17) is 11.6 Å². The molecule has 1 amide bonds. The fourth-order valence-corrected chi connectivity index (χ4v) is 4.45. The van der Waals surface area contributed by atoms with Crippen molar-refractivity contribution >= 4 is 33.2 Å². The van der Waals surface area contributed by atoms with Crippen LogP contribution in [0.3, 0.4) is 0 Å². The molecule has 0 saturated carbocycles. The van der Waals surface area contributed by atoms with Crippen molar-refractivity contribution in [2.24, 2.45) is 5.92 Å². The van der Waals surface area contributed by atoms with Gasteiger partial charge >= 0.3 is 0 Å². The number of amides is 1. The molecule has 3 rings (SSSR count). The summed E-state index contributed by atoms with van der Waals surface area (Å²) in [6.45, 7) is 3.67. The second-order valence-electron chi connectivity index (χ2n) is 6.95. The number of carbonyl (C=O) groups is 1. The monoisotopic (exact) mass is 406 g/mol. The lowest BCUT2D eigenvalue weighted by molar-refractivity contribution is 0.0697. The van der Waals surface area contributed by atoms with Crippen molar-refractivity contribution in [2.75, 3.05) is 24.4 Å². The van der Waals surface area contributed by atoms with Crippen LogP contribution in [0, 0.1) is 5.92 Å². The lowest BCUT2D eigenvalue weighted by Crippen LogP contribution is -2.38. The van der Waals surface area contributed by atoms with Crippen molar-refractivity contribution in [2.45, 2.75) is 24.7 Å². The Kier molecular flexibility index (Phi) is 5.77. The second-order valence-corrected chi connectivity index (χ2v) is 9.36. The Hall–Kier alpha value is -2.05. The molecular formula is C20H23ClN2O3S. The van der Waals surface area contributed by atoms with E-state index in [0.717, 1.165) is 25.9 Å². The third-order valence-electron chi connectivity index (χ3n) is 5.00. The molecule has 5 nitrogen and oxygen atoms in total. The lowest BCUT2D eigenvalue weighted by atomic mass is 9.98. The molecule has 0 aromatic heterocycles. The van der Waals surface area contributed by atoms with E-state index in [-0.39, 0.29) is 10.8 Å². The maximum Gasteiger partial charge on any atom is 0.264 e. The smallest absolute Gasteiger partial charge is 0.264 e. The van der Waals surface area contributed by atoms with Gasteiger partial charge in [-0.25, -0.2) is 8.42 Å². The predicted octanol–water partition coefficient (Wildman–Crippen LogP) is 4.04. The van der Waals surface area contributed by atoms with Crippen molar-refractivity contribution in [1.82, 2.24) is 4.90 Å². The molecule has 27 heavy (non-hydrogen) atoms. The van der Waals surface area contributed by atoms with Gasteiger partial charge in [-0.15, -0.1) is 0 Å². The van der Waals surface area contributed by atoms with E-state index >= 15 is 0 Å². The van der Waals surface area contributed by atoms with Gasteiger partial charge in [0.2, 0.25) is 0 Å². The SMILES string of the molecule is CC1CCN(C(=O)c2cccc(N(C)S(=O)(=O)c3ccc(Cl)cc3)c2)CC1. The maximum atomic E-state index is 12.9. The van der Waals surface area contributed by atoms with Gasteiger partial charge in [0.25, 0.3) is 15.9 Å². The summed E-state index contributed by atoms with van der Waals surface area (Å²) in [5, 5.41) is 0.472. The minimum Gasteiger partial charge on any atom is -0.339 e. The molecule has 0 aliphatic carbocycles. The van der Waals surface area contributed by atoms with E-state index in [1.807, 2.05) is 4.90 Å². The zero-order valence-electron chi connectivity index (χ0n) is 15.4. The fraction of sp³-hybridized carbons (Fsp3) is 0.350. The quantitative estimate of drug-likeness (QED) is 0.769. The van der Waals surface area contributed by atoms with E-state index in [2.05, 4.69) is 6.92 Å². The molecule has 144 valence electrons. The number of rotatable bonds is 4. The van der Waals surface area contributed by atoms with Crippen LogP contribution in [0.2, 0.25) is 5.02 Å². The fourth-order valence-electron chi connectivity index (χ4n) is 3.13. The van der Waals surface area contributed by atoms with Crippen LogP contribution in [0.25, 0.3) is 0 Å². The molecule has 2 aromatic rings. The summed E-state index contributed by atoms with van der Waals surface area (Å²) in [6.07, 6.45) is 1.99. The number of carbonyl (C=O) groups excluding carboxylic acids is 1. The number of nitrogens with zero attached hydrogens (tertiary/aromatic N) is 2. The predicted molar refractivity (Wildman–Crippen MR) is 108 cm³/mol. The van der Waals surface area contributed by atoms with Gasteiger partial charge < -0.3 is 4.90 Å². The van der Waals surface area contributed by atoms with Crippen molar-refractivity contribution in [3.05, 3.63) is 59.1 Å². The van der Waals surface area contributed by atoms with E-state index in [0.29, 0.717) is 22.2 Å². The number of piperidine rings is 1. The molecule has 1 aliphatic rings. The van der Waals surface area contributed by atoms with Crippen molar-refractivity contribution in [3.8, 4) is 0 Å². The van der Waals surface area contributed by atoms with Crippen molar-refractivity contribution in [1.29, 1.82) is 0 Å². The molecule has 0 atom stereocenters. The van der Waals surface area contributed by atoms with Gasteiger partial charge in [0.15, 0.2) is 0 Å². The van der Waals surface area contributed by atoms with Gasteiger partial charge in [-0.2, -0.15) is 0 Å². The molecule has 1 fully saturated rings. The summed E-state index contributed by atoms with van der Waals surface area (Å²) >= 11 is 5.85. The summed E-state index contributed by atoms with van der Waals surface area (Å²) < 4.78 is 26.9.